The molecular formula is C14H10ClF2NO2. The Morgan fingerprint density at radius 2 is 1.90 bits per heavy atom. The van der Waals surface area contributed by atoms with Crippen molar-refractivity contribution in [3.63, 3.8) is 0 Å². The number of hydrogen-bond donors (Lipinski definition) is 2. The number of carbonyl (C=O) groups excluding carboxylic acids is 1. The molecule has 0 unspecified atom stereocenters. The molecule has 2 rings (SSSR count). The van der Waals surface area contributed by atoms with Crippen molar-refractivity contribution < 1.29 is 18.7 Å². The number of hydrogen-bond acceptors (Lipinski definition) is 2. The van der Waals surface area contributed by atoms with Crippen LogP contribution < -0.4 is 5.32 Å². The number of halogens is 3. The fourth-order valence-electron chi connectivity index (χ4n) is 1.62. The highest BCUT2D eigenvalue weighted by Crippen LogP contribution is 2.17. The van der Waals surface area contributed by atoms with Crippen LogP contribution in [0.2, 0.25) is 5.02 Å². The number of carbonyl (C=O) groups is 1. The van der Waals surface area contributed by atoms with E-state index in [1.165, 1.54) is 30.3 Å². The van der Waals surface area contributed by atoms with Crippen LogP contribution in [0.15, 0.2) is 36.4 Å². The first-order chi connectivity index (χ1) is 9.47. The average Bonchev–Trinajstić information content (AvgIpc) is 2.40. The van der Waals surface area contributed by atoms with Gasteiger partial charge in [-0.05, 0) is 29.8 Å². The van der Waals surface area contributed by atoms with E-state index in [1.54, 1.807) is 0 Å². The van der Waals surface area contributed by atoms with Crippen LogP contribution in [0.5, 0.6) is 5.75 Å². The summed E-state index contributed by atoms with van der Waals surface area (Å²) in [6.07, 6.45) is 0. The van der Waals surface area contributed by atoms with Crippen LogP contribution in [-0.4, -0.2) is 11.0 Å². The molecule has 2 aromatic rings. The predicted octanol–water partition coefficient (Wildman–Crippen LogP) is 3.25. The summed E-state index contributed by atoms with van der Waals surface area (Å²) in [5, 5.41) is 11.5. The molecule has 0 aromatic heterocycles. The molecule has 104 valence electrons. The molecule has 0 saturated carbocycles. The lowest BCUT2D eigenvalue weighted by molar-refractivity contribution is 0.0947. The quantitative estimate of drug-likeness (QED) is 0.913. The first-order valence-electron chi connectivity index (χ1n) is 5.68. The number of rotatable bonds is 3. The van der Waals surface area contributed by atoms with Crippen molar-refractivity contribution in [3.8, 4) is 5.75 Å². The lowest BCUT2D eigenvalue weighted by atomic mass is 10.1. The van der Waals surface area contributed by atoms with Gasteiger partial charge in [-0.3, -0.25) is 4.79 Å². The maximum atomic E-state index is 13.5. The lowest BCUT2D eigenvalue weighted by Crippen LogP contribution is -2.23. The van der Waals surface area contributed by atoms with Gasteiger partial charge in [0, 0.05) is 12.6 Å². The third kappa shape index (κ3) is 3.24. The summed E-state index contributed by atoms with van der Waals surface area (Å²) < 4.78 is 26.4. The molecule has 0 spiro atoms. The van der Waals surface area contributed by atoms with Crippen LogP contribution >= 0.6 is 11.6 Å². The molecule has 0 atom stereocenters. The summed E-state index contributed by atoms with van der Waals surface area (Å²) in [5.74, 6) is -2.27. The van der Waals surface area contributed by atoms with Gasteiger partial charge in [-0.25, -0.2) is 8.78 Å². The summed E-state index contributed by atoms with van der Waals surface area (Å²) in [5.41, 5.74) is 0.403. The second-order valence-electron chi connectivity index (χ2n) is 4.10. The number of phenols is 1. The summed E-state index contributed by atoms with van der Waals surface area (Å²) in [4.78, 5) is 11.8. The molecule has 2 N–H and O–H groups in total. The maximum Gasteiger partial charge on any atom is 0.254 e. The number of benzene rings is 2. The molecular weight excluding hydrogens is 288 g/mol. The number of phenolic OH excluding ortho intramolecular Hbond substituents is 1. The zero-order valence-corrected chi connectivity index (χ0v) is 10.9. The number of amides is 1. The third-order valence-corrected chi connectivity index (χ3v) is 2.92. The van der Waals surface area contributed by atoms with E-state index in [0.717, 1.165) is 6.07 Å². The fraction of sp³-hybridized carbons (Fsp3) is 0.0714. The molecule has 3 nitrogen and oxygen atoms in total. The largest absolute Gasteiger partial charge is 0.508 e. The van der Waals surface area contributed by atoms with Crippen molar-refractivity contribution >= 4 is 17.5 Å². The Labute approximate surface area is 118 Å². The first kappa shape index (κ1) is 14.3. The van der Waals surface area contributed by atoms with Crippen molar-refractivity contribution in [2.24, 2.45) is 0 Å². The van der Waals surface area contributed by atoms with Gasteiger partial charge in [-0.2, -0.15) is 0 Å². The van der Waals surface area contributed by atoms with Crippen LogP contribution in [0, 0.1) is 11.6 Å². The number of aromatic hydroxyl groups is 1. The molecule has 0 bridgehead atoms. The highest BCUT2D eigenvalue weighted by molar-refractivity contribution is 6.30. The van der Waals surface area contributed by atoms with Crippen LogP contribution in [0.25, 0.3) is 0 Å². The van der Waals surface area contributed by atoms with Gasteiger partial charge >= 0.3 is 0 Å². The van der Waals surface area contributed by atoms with E-state index in [9.17, 15) is 13.6 Å². The third-order valence-electron chi connectivity index (χ3n) is 2.63. The molecule has 20 heavy (non-hydrogen) atoms. The van der Waals surface area contributed by atoms with Crippen molar-refractivity contribution in [2.75, 3.05) is 0 Å². The van der Waals surface area contributed by atoms with Gasteiger partial charge in [0.15, 0.2) is 0 Å². The fourth-order valence-corrected chi connectivity index (χ4v) is 1.82. The summed E-state index contributed by atoms with van der Waals surface area (Å²) in [6.45, 7) is 0.0825. The second kappa shape index (κ2) is 5.88. The van der Waals surface area contributed by atoms with Crippen LogP contribution in [0.3, 0.4) is 0 Å². The van der Waals surface area contributed by atoms with Gasteiger partial charge in [-0.1, -0.05) is 17.7 Å². The van der Waals surface area contributed by atoms with E-state index in [1.807, 2.05) is 0 Å². The van der Waals surface area contributed by atoms with E-state index in [4.69, 9.17) is 16.7 Å². The molecule has 0 saturated heterocycles. The molecule has 0 aliphatic carbocycles. The second-order valence-corrected chi connectivity index (χ2v) is 4.50. The zero-order valence-electron chi connectivity index (χ0n) is 10.2. The normalized spacial score (nSPS) is 10.3. The maximum absolute atomic E-state index is 13.5. The van der Waals surface area contributed by atoms with Gasteiger partial charge in [0.1, 0.15) is 17.4 Å². The van der Waals surface area contributed by atoms with Crippen molar-refractivity contribution in [3.05, 3.63) is 64.2 Å². The predicted molar refractivity (Wildman–Crippen MR) is 70.6 cm³/mol. The molecule has 0 fully saturated rings. The van der Waals surface area contributed by atoms with E-state index >= 15 is 0 Å². The zero-order chi connectivity index (χ0) is 14.7. The van der Waals surface area contributed by atoms with Crippen LogP contribution in [0.1, 0.15) is 15.9 Å². The highest BCUT2D eigenvalue weighted by Gasteiger charge is 2.12. The summed E-state index contributed by atoms with van der Waals surface area (Å²) in [6, 6.07) is 7.28. The highest BCUT2D eigenvalue weighted by atomic mass is 35.5. The lowest BCUT2D eigenvalue weighted by Gasteiger charge is -2.07. The monoisotopic (exact) mass is 297 g/mol. The minimum Gasteiger partial charge on any atom is -0.508 e. The van der Waals surface area contributed by atoms with Crippen molar-refractivity contribution in [2.45, 2.75) is 6.54 Å². The van der Waals surface area contributed by atoms with E-state index in [2.05, 4.69) is 5.32 Å². The smallest absolute Gasteiger partial charge is 0.254 e. The van der Waals surface area contributed by atoms with Crippen LogP contribution in [-0.2, 0) is 6.54 Å². The molecule has 0 heterocycles. The van der Waals surface area contributed by atoms with Gasteiger partial charge in [0.25, 0.3) is 5.91 Å². The Balaban J connectivity index is 2.06. The summed E-state index contributed by atoms with van der Waals surface area (Å²) >= 11 is 5.61. The minimum atomic E-state index is -0.820. The molecule has 1 amide bonds. The molecule has 0 aliphatic heterocycles. The summed E-state index contributed by atoms with van der Waals surface area (Å²) in [7, 11) is 0. The van der Waals surface area contributed by atoms with Crippen LogP contribution in [0.4, 0.5) is 8.78 Å². The van der Waals surface area contributed by atoms with Gasteiger partial charge in [-0.15, -0.1) is 0 Å². The first-order valence-corrected chi connectivity index (χ1v) is 6.06. The van der Waals surface area contributed by atoms with Gasteiger partial charge < -0.3 is 10.4 Å². The number of nitrogens with one attached hydrogen (secondary N) is 1. The molecule has 2 aromatic carbocycles. The van der Waals surface area contributed by atoms with Gasteiger partial charge in [0.2, 0.25) is 0 Å². The standard InChI is InChI=1S/C14H10ClF2NO2/c15-11-5-8(1-4-12(11)16)7-18-14(20)10-3-2-9(19)6-13(10)17/h1-6,19H,7H2,(H,18,20). The van der Waals surface area contributed by atoms with Crippen molar-refractivity contribution in [1.82, 2.24) is 5.32 Å². The van der Waals surface area contributed by atoms with E-state index < -0.39 is 17.5 Å². The van der Waals surface area contributed by atoms with Crippen molar-refractivity contribution in [1.29, 1.82) is 0 Å². The Bertz CT molecular complexity index is 662. The molecule has 0 radical (unpaired) electrons. The Hall–Kier alpha value is -2.14. The van der Waals surface area contributed by atoms with E-state index in [-0.39, 0.29) is 22.9 Å². The van der Waals surface area contributed by atoms with E-state index in [0.29, 0.717) is 5.56 Å². The Morgan fingerprint density at radius 3 is 2.55 bits per heavy atom. The SMILES string of the molecule is O=C(NCc1ccc(F)c(Cl)c1)c1ccc(O)cc1F. The Morgan fingerprint density at radius 1 is 1.15 bits per heavy atom. The molecule has 6 heteroatoms. The average molecular weight is 298 g/mol. The van der Waals surface area contributed by atoms with Gasteiger partial charge in [0.05, 0.1) is 10.6 Å². The Kier molecular flexibility index (Phi) is 4.20. The molecule has 0 aliphatic rings. The topological polar surface area (TPSA) is 49.3 Å². The minimum absolute atomic E-state index is 0.0486.